The van der Waals surface area contributed by atoms with Gasteiger partial charge in [-0.25, -0.2) is 0 Å². The molecule has 7 heteroatoms. The van der Waals surface area contributed by atoms with Gasteiger partial charge < -0.3 is 24.0 Å². The summed E-state index contributed by atoms with van der Waals surface area (Å²) in [6.07, 6.45) is 1.06. The van der Waals surface area contributed by atoms with Crippen LogP contribution in [0.1, 0.15) is 17.5 Å². The first-order valence-electron chi connectivity index (χ1n) is 8.86. The van der Waals surface area contributed by atoms with Gasteiger partial charge in [-0.1, -0.05) is 0 Å². The highest BCUT2D eigenvalue weighted by Gasteiger charge is 2.37. The van der Waals surface area contributed by atoms with E-state index in [9.17, 15) is 9.59 Å². The van der Waals surface area contributed by atoms with Crippen LogP contribution in [0.5, 0.6) is 11.5 Å². The number of amides is 2. The number of fused-ring (bicyclic) bond motifs is 1. The van der Waals surface area contributed by atoms with Crippen molar-refractivity contribution in [1.82, 2.24) is 9.80 Å². The molecule has 0 N–H and O–H groups in total. The zero-order valence-electron chi connectivity index (χ0n) is 15.6. The molecule has 1 fully saturated rings. The van der Waals surface area contributed by atoms with Gasteiger partial charge in [0.2, 0.25) is 11.8 Å². The molecule has 1 aromatic rings. The number of benzene rings is 1. The third kappa shape index (κ3) is 3.62. The van der Waals surface area contributed by atoms with Crippen LogP contribution in [0.2, 0.25) is 0 Å². The number of hydrogen-bond acceptors (Lipinski definition) is 5. The summed E-state index contributed by atoms with van der Waals surface area (Å²) in [5, 5.41) is 0. The van der Waals surface area contributed by atoms with Gasteiger partial charge in [0.05, 0.1) is 26.7 Å². The summed E-state index contributed by atoms with van der Waals surface area (Å²) in [6.45, 7) is 2.71. The zero-order chi connectivity index (χ0) is 18.7. The van der Waals surface area contributed by atoms with Gasteiger partial charge in [0.1, 0.15) is 0 Å². The molecule has 2 aliphatic rings. The number of carbonyl (C=O) groups excluding carboxylic acids is 2. The Bertz CT molecular complexity index is 691. The Morgan fingerprint density at radius 2 is 1.85 bits per heavy atom. The molecule has 1 saturated heterocycles. The number of rotatable bonds is 6. The molecule has 3 rings (SSSR count). The van der Waals surface area contributed by atoms with E-state index in [0.717, 1.165) is 12.0 Å². The third-order valence-electron chi connectivity index (χ3n) is 5.16. The first-order chi connectivity index (χ1) is 12.6. The maximum absolute atomic E-state index is 12.9. The number of nitrogens with zero attached hydrogens (tertiary/aromatic N) is 2. The van der Waals surface area contributed by atoms with E-state index in [1.807, 2.05) is 17.0 Å². The molecule has 2 amide bonds. The van der Waals surface area contributed by atoms with Crippen molar-refractivity contribution in [3.05, 3.63) is 23.3 Å². The van der Waals surface area contributed by atoms with Crippen LogP contribution in [0, 0.1) is 5.92 Å². The average molecular weight is 362 g/mol. The number of hydrogen-bond donors (Lipinski definition) is 0. The number of likely N-dealkylation sites (tertiary alicyclic amines) is 1. The maximum atomic E-state index is 12.9. The largest absolute Gasteiger partial charge is 0.493 e. The van der Waals surface area contributed by atoms with Crippen LogP contribution in [0.15, 0.2) is 12.1 Å². The highest BCUT2D eigenvalue weighted by molar-refractivity contribution is 5.89. The molecule has 26 heavy (non-hydrogen) atoms. The normalized spacial score (nSPS) is 19.5. The molecule has 0 spiro atoms. The lowest BCUT2D eigenvalue weighted by molar-refractivity contribution is -0.136. The first kappa shape index (κ1) is 18.5. The molecule has 1 unspecified atom stereocenters. The molecule has 142 valence electrons. The van der Waals surface area contributed by atoms with E-state index >= 15 is 0 Å². The molecule has 0 bridgehead atoms. The van der Waals surface area contributed by atoms with E-state index in [1.54, 1.807) is 26.2 Å². The van der Waals surface area contributed by atoms with Crippen molar-refractivity contribution in [1.29, 1.82) is 0 Å². The second-order valence-electron chi connectivity index (χ2n) is 6.72. The molecule has 0 aliphatic carbocycles. The molecular formula is C19H26N2O5. The van der Waals surface area contributed by atoms with Crippen LogP contribution in [0.3, 0.4) is 0 Å². The van der Waals surface area contributed by atoms with Crippen LogP contribution in [-0.4, -0.2) is 69.2 Å². The van der Waals surface area contributed by atoms with Crippen LogP contribution in [-0.2, 0) is 27.3 Å². The molecule has 2 aliphatic heterocycles. The molecule has 1 aromatic carbocycles. The predicted octanol–water partition coefficient (Wildman–Crippen LogP) is 1.08. The van der Waals surface area contributed by atoms with E-state index < -0.39 is 0 Å². The Labute approximate surface area is 153 Å². The molecule has 1 atom stereocenters. The summed E-state index contributed by atoms with van der Waals surface area (Å²) >= 11 is 0. The summed E-state index contributed by atoms with van der Waals surface area (Å²) in [5.41, 5.74) is 2.25. The SMILES string of the molecule is COCCN1CC(C(=O)N2CCc3cc(OC)c(OC)cc3C2)CC1=O. The summed E-state index contributed by atoms with van der Waals surface area (Å²) in [6, 6.07) is 3.93. The van der Waals surface area contributed by atoms with E-state index in [0.29, 0.717) is 44.3 Å². The monoisotopic (exact) mass is 362 g/mol. The quantitative estimate of drug-likeness (QED) is 0.758. The number of methoxy groups -OCH3 is 3. The van der Waals surface area contributed by atoms with Crippen LogP contribution >= 0.6 is 0 Å². The maximum Gasteiger partial charge on any atom is 0.228 e. The van der Waals surface area contributed by atoms with Gasteiger partial charge in [0, 0.05) is 39.7 Å². The van der Waals surface area contributed by atoms with Gasteiger partial charge in [-0.15, -0.1) is 0 Å². The van der Waals surface area contributed by atoms with Crippen LogP contribution in [0.4, 0.5) is 0 Å². The molecular weight excluding hydrogens is 336 g/mol. The van der Waals surface area contributed by atoms with E-state index in [2.05, 4.69) is 0 Å². The molecule has 2 heterocycles. The smallest absolute Gasteiger partial charge is 0.228 e. The van der Waals surface area contributed by atoms with E-state index in [4.69, 9.17) is 14.2 Å². The minimum Gasteiger partial charge on any atom is -0.493 e. The third-order valence-corrected chi connectivity index (χ3v) is 5.16. The minimum atomic E-state index is -0.263. The van der Waals surface area contributed by atoms with Gasteiger partial charge in [-0.3, -0.25) is 9.59 Å². The lowest BCUT2D eigenvalue weighted by Gasteiger charge is -2.31. The molecule has 0 radical (unpaired) electrons. The van der Waals surface area contributed by atoms with Gasteiger partial charge in [0.15, 0.2) is 11.5 Å². The van der Waals surface area contributed by atoms with Gasteiger partial charge in [-0.05, 0) is 29.7 Å². The van der Waals surface area contributed by atoms with Crippen molar-refractivity contribution < 1.29 is 23.8 Å². The van der Waals surface area contributed by atoms with Gasteiger partial charge in [0.25, 0.3) is 0 Å². The standard InChI is InChI=1S/C19H26N2O5/c1-24-7-6-20-12-15(10-18(20)22)19(23)21-5-4-13-8-16(25-2)17(26-3)9-14(13)11-21/h8-9,15H,4-7,10-12H2,1-3H3. The summed E-state index contributed by atoms with van der Waals surface area (Å²) in [7, 11) is 4.84. The zero-order valence-corrected chi connectivity index (χ0v) is 15.6. The first-order valence-corrected chi connectivity index (χ1v) is 8.86. The lowest BCUT2D eigenvalue weighted by atomic mass is 9.97. The molecule has 0 saturated carbocycles. The number of ether oxygens (including phenoxy) is 3. The Hall–Kier alpha value is -2.28. The van der Waals surface area contributed by atoms with Crippen molar-refractivity contribution in [3.63, 3.8) is 0 Å². The lowest BCUT2D eigenvalue weighted by Crippen LogP contribution is -2.40. The average Bonchev–Trinajstić information content (AvgIpc) is 3.04. The van der Waals surface area contributed by atoms with E-state index in [-0.39, 0.29) is 24.2 Å². The van der Waals surface area contributed by atoms with Crippen molar-refractivity contribution >= 4 is 11.8 Å². The van der Waals surface area contributed by atoms with Gasteiger partial charge >= 0.3 is 0 Å². The summed E-state index contributed by atoms with van der Waals surface area (Å²) < 4.78 is 15.8. The second kappa shape index (κ2) is 7.95. The Morgan fingerprint density at radius 3 is 2.50 bits per heavy atom. The van der Waals surface area contributed by atoms with Crippen molar-refractivity contribution in [2.45, 2.75) is 19.4 Å². The Kier molecular flexibility index (Phi) is 5.66. The predicted molar refractivity (Wildman–Crippen MR) is 95.2 cm³/mol. The highest BCUT2D eigenvalue weighted by Crippen LogP contribution is 2.34. The number of carbonyl (C=O) groups is 2. The van der Waals surface area contributed by atoms with Gasteiger partial charge in [-0.2, -0.15) is 0 Å². The molecule has 7 nitrogen and oxygen atoms in total. The van der Waals surface area contributed by atoms with Crippen molar-refractivity contribution in [3.8, 4) is 11.5 Å². The van der Waals surface area contributed by atoms with Crippen molar-refractivity contribution in [2.24, 2.45) is 5.92 Å². The van der Waals surface area contributed by atoms with Crippen LogP contribution in [0.25, 0.3) is 0 Å². The Morgan fingerprint density at radius 1 is 1.15 bits per heavy atom. The summed E-state index contributed by atoms with van der Waals surface area (Å²) in [5.74, 6) is 1.20. The fourth-order valence-corrected chi connectivity index (χ4v) is 3.68. The fourth-order valence-electron chi connectivity index (χ4n) is 3.68. The van der Waals surface area contributed by atoms with Crippen LogP contribution < -0.4 is 9.47 Å². The van der Waals surface area contributed by atoms with Crippen molar-refractivity contribution in [2.75, 3.05) is 47.6 Å². The Balaban J connectivity index is 1.69. The summed E-state index contributed by atoms with van der Waals surface area (Å²) in [4.78, 5) is 28.6. The van der Waals surface area contributed by atoms with E-state index in [1.165, 1.54) is 5.56 Å². The minimum absolute atomic E-state index is 0.0317. The second-order valence-corrected chi connectivity index (χ2v) is 6.72. The topological polar surface area (TPSA) is 68.3 Å². The molecule has 0 aromatic heterocycles. The fraction of sp³-hybridized carbons (Fsp3) is 0.579. The highest BCUT2D eigenvalue weighted by atomic mass is 16.5.